The number of hydrogen-bond donors (Lipinski definition) is 1. The first-order chi connectivity index (χ1) is 11.4. The molecule has 134 valence electrons. The Morgan fingerprint density at radius 2 is 2.17 bits per heavy atom. The van der Waals surface area contributed by atoms with E-state index in [-0.39, 0.29) is 11.4 Å². The molecule has 1 aromatic rings. The lowest BCUT2D eigenvalue weighted by Gasteiger charge is -2.25. The van der Waals surface area contributed by atoms with Gasteiger partial charge in [-0.05, 0) is 30.6 Å². The number of rotatable bonds is 5. The number of carbonyl (C=O) groups is 1. The van der Waals surface area contributed by atoms with Crippen LogP contribution in [0.3, 0.4) is 0 Å². The first-order valence-corrected chi connectivity index (χ1v) is 9.26. The van der Waals surface area contributed by atoms with Crippen molar-refractivity contribution in [2.24, 2.45) is 17.8 Å². The van der Waals surface area contributed by atoms with Crippen molar-refractivity contribution < 1.29 is 9.32 Å². The Bertz CT molecular complexity index is 583. The molecule has 1 saturated carbocycles. The fourth-order valence-electron chi connectivity index (χ4n) is 4.10. The third-order valence-electron chi connectivity index (χ3n) is 5.32. The number of fused-ring (bicyclic) bond motifs is 1. The molecular formula is C18H30N4O2. The monoisotopic (exact) mass is 334 g/mol. The van der Waals surface area contributed by atoms with Crippen molar-refractivity contribution in [1.82, 2.24) is 20.4 Å². The molecule has 2 fully saturated rings. The average molecular weight is 334 g/mol. The second-order valence-corrected chi connectivity index (χ2v) is 8.32. The van der Waals surface area contributed by atoms with Crippen molar-refractivity contribution >= 4 is 6.03 Å². The number of carbonyl (C=O) groups excluding carboxylic acids is 1. The molecule has 6 heteroatoms. The zero-order valence-electron chi connectivity index (χ0n) is 15.3. The summed E-state index contributed by atoms with van der Waals surface area (Å²) in [6.45, 7) is 10.7. The zero-order chi connectivity index (χ0) is 17.3. The van der Waals surface area contributed by atoms with Gasteiger partial charge >= 0.3 is 6.03 Å². The van der Waals surface area contributed by atoms with E-state index in [0.29, 0.717) is 30.8 Å². The normalized spacial score (nSPS) is 26.4. The second kappa shape index (κ2) is 6.73. The van der Waals surface area contributed by atoms with Crippen LogP contribution in [0.5, 0.6) is 0 Å². The first-order valence-electron chi connectivity index (χ1n) is 9.26. The van der Waals surface area contributed by atoms with E-state index < -0.39 is 0 Å². The number of hydrogen-bond acceptors (Lipinski definition) is 4. The molecule has 1 aromatic heterocycles. The highest BCUT2D eigenvalue weighted by molar-refractivity contribution is 5.75. The molecule has 2 amide bonds. The number of aromatic nitrogens is 2. The fourth-order valence-corrected chi connectivity index (χ4v) is 4.10. The summed E-state index contributed by atoms with van der Waals surface area (Å²) < 4.78 is 5.49. The summed E-state index contributed by atoms with van der Waals surface area (Å²) in [4.78, 5) is 19.1. The standard InChI is InChI=1S/C18H30N4O2/c1-12(2)8-15-20-16(21-24-15)18-7-5-6-14(18)10-22(11-18)17(23)19-9-13(3)4/h12-14H,5-11H2,1-4H3,(H,19,23)/t14-,18-/m1/s1. The highest BCUT2D eigenvalue weighted by Gasteiger charge is 2.54. The predicted molar refractivity (Wildman–Crippen MR) is 91.7 cm³/mol. The van der Waals surface area contributed by atoms with E-state index in [2.05, 4.69) is 38.2 Å². The number of likely N-dealkylation sites (tertiary alicyclic amines) is 1. The Kier molecular flexibility index (Phi) is 4.83. The van der Waals surface area contributed by atoms with Gasteiger partial charge in [-0.2, -0.15) is 4.98 Å². The summed E-state index contributed by atoms with van der Waals surface area (Å²) in [6.07, 6.45) is 4.18. The van der Waals surface area contributed by atoms with E-state index in [0.717, 1.165) is 37.5 Å². The fraction of sp³-hybridized carbons (Fsp3) is 0.833. The van der Waals surface area contributed by atoms with Gasteiger partial charge in [0.2, 0.25) is 5.89 Å². The van der Waals surface area contributed by atoms with Gasteiger partial charge in [0.1, 0.15) is 0 Å². The maximum Gasteiger partial charge on any atom is 0.317 e. The van der Waals surface area contributed by atoms with Crippen LogP contribution in [-0.2, 0) is 11.8 Å². The summed E-state index contributed by atoms with van der Waals surface area (Å²) in [6, 6.07) is 0.0448. The Balaban J connectivity index is 1.73. The van der Waals surface area contributed by atoms with Crippen LogP contribution in [0.1, 0.15) is 58.7 Å². The molecule has 1 saturated heterocycles. The molecule has 1 aliphatic heterocycles. The lowest BCUT2D eigenvalue weighted by atomic mass is 9.80. The average Bonchev–Trinajstić information content (AvgIpc) is 3.16. The second-order valence-electron chi connectivity index (χ2n) is 8.32. The molecular weight excluding hydrogens is 304 g/mol. The smallest absolute Gasteiger partial charge is 0.317 e. The van der Waals surface area contributed by atoms with Crippen molar-refractivity contribution in [1.29, 1.82) is 0 Å². The van der Waals surface area contributed by atoms with Crippen molar-refractivity contribution in [2.45, 2.75) is 58.8 Å². The Morgan fingerprint density at radius 1 is 1.38 bits per heavy atom. The molecule has 0 aromatic carbocycles. The molecule has 0 spiro atoms. The lowest BCUT2D eigenvalue weighted by molar-refractivity contribution is 0.202. The van der Waals surface area contributed by atoms with Gasteiger partial charge in [-0.25, -0.2) is 4.79 Å². The van der Waals surface area contributed by atoms with Crippen LogP contribution in [0, 0.1) is 17.8 Å². The zero-order valence-corrected chi connectivity index (χ0v) is 15.3. The topological polar surface area (TPSA) is 71.3 Å². The van der Waals surface area contributed by atoms with E-state index >= 15 is 0 Å². The lowest BCUT2D eigenvalue weighted by Crippen LogP contribution is -2.42. The van der Waals surface area contributed by atoms with Crippen LogP contribution < -0.4 is 5.32 Å². The van der Waals surface area contributed by atoms with Gasteiger partial charge in [-0.1, -0.05) is 39.3 Å². The van der Waals surface area contributed by atoms with Gasteiger partial charge in [-0.3, -0.25) is 0 Å². The van der Waals surface area contributed by atoms with E-state index in [1.165, 1.54) is 6.42 Å². The summed E-state index contributed by atoms with van der Waals surface area (Å²) in [7, 11) is 0. The maximum atomic E-state index is 12.5. The molecule has 6 nitrogen and oxygen atoms in total. The Morgan fingerprint density at radius 3 is 2.88 bits per heavy atom. The molecule has 2 heterocycles. The van der Waals surface area contributed by atoms with Gasteiger partial charge in [0, 0.05) is 26.1 Å². The van der Waals surface area contributed by atoms with E-state index in [4.69, 9.17) is 9.51 Å². The van der Waals surface area contributed by atoms with Gasteiger partial charge in [0.05, 0.1) is 5.41 Å². The summed E-state index contributed by atoms with van der Waals surface area (Å²) in [5.41, 5.74) is -0.103. The van der Waals surface area contributed by atoms with Gasteiger partial charge < -0.3 is 14.7 Å². The van der Waals surface area contributed by atoms with Crippen LogP contribution in [0.2, 0.25) is 0 Å². The van der Waals surface area contributed by atoms with Crippen LogP contribution in [0.4, 0.5) is 4.79 Å². The SMILES string of the molecule is CC(C)CNC(=O)N1C[C@H]2CCC[C@@]2(c2noc(CC(C)C)n2)C1. The summed E-state index contributed by atoms with van der Waals surface area (Å²) >= 11 is 0. The van der Waals surface area contributed by atoms with Crippen molar-refractivity contribution in [2.75, 3.05) is 19.6 Å². The Labute approximate surface area is 144 Å². The van der Waals surface area contributed by atoms with Crippen molar-refractivity contribution in [3.05, 3.63) is 11.7 Å². The van der Waals surface area contributed by atoms with Crippen LogP contribution in [0.25, 0.3) is 0 Å². The molecule has 0 radical (unpaired) electrons. The van der Waals surface area contributed by atoms with Gasteiger partial charge in [-0.15, -0.1) is 0 Å². The number of nitrogens with one attached hydrogen (secondary N) is 1. The highest BCUT2D eigenvalue weighted by atomic mass is 16.5. The minimum Gasteiger partial charge on any atom is -0.339 e. The maximum absolute atomic E-state index is 12.5. The first kappa shape index (κ1) is 17.2. The predicted octanol–water partition coefficient (Wildman–Crippen LogP) is 2.99. The highest BCUT2D eigenvalue weighted by Crippen LogP contribution is 2.49. The molecule has 2 aliphatic rings. The van der Waals surface area contributed by atoms with Crippen molar-refractivity contribution in [3.63, 3.8) is 0 Å². The van der Waals surface area contributed by atoms with Gasteiger partial charge in [0.15, 0.2) is 5.82 Å². The summed E-state index contributed by atoms with van der Waals surface area (Å²) in [5.74, 6) is 2.95. The number of amides is 2. The van der Waals surface area contributed by atoms with Gasteiger partial charge in [0.25, 0.3) is 0 Å². The number of nitrogens with zero attached hydrogens (tertiary/aromatic N) is 3. The van der Waals surface area contributed by atoms with E-state index in [1.807, 2.05) is 4.90 Å². The molecule has 0 unspecified atom stereocenters. The molecule has 1 aliphatic carbocycles. The number of urea groups is 1. The molecule has 3 rings (SSSR count). The van der Waals surface area contributed by atoms with Crippen LogP contribution in [-0.4, -0.2) is 40.7 Å². The van der Waals surface area contributed by atoms with Crippen LogP contribution >= 0.6 is 0 Å². The van der Waals surface area contributed by atoms with Crippen molar-refractivity contribution in [3.8, 4) is 0 Å². The molecule has 2 atom stereocenters. The third kappa shape index (κ3) is 3.28. The quantitative estimate of drug-likeness (QED) is 0.898. The Hall–Kier alpha value is -1.59. The van der Waals surface area contributed by atoms with Crippen LogP contribution in [0.15, 0.2) is 4.52 Å². The third-order valence-corrected chi connectivity index (χ3v) is 5.32. The van der Waals surface area contributed by atoms with E-state index in [1.54, 1.807) is 0 Å². The van der Waals surface area contributed by atoms with E-state index in [9.17, 15) is 4.79 Å². The minimum absolute atomic E-state index is 0.0448. The minimum atomic E-state index is -0.103. The molecule has 1 N–H and O–H groups in total. The molecule has 24 heavy (non-hydrogen) atoms. The largest absolute Gasteiger partial charge is 0.339 e. The summed E-state index contributed by atoms with van der Waals surface area (Å²) in [5, 5.41) is 7.34. The molecule has 0 bridgehead atoms.